The minimum absolute atomic E-state index is 0.0710. The number of rotatable bonds is 5. The number of hydrogen-bond donors (Lipinski definition) is 2. The molecule has 26 heavy (non-hydrogen) atoms. The molecular formula is C19H19FN2O4. The Morgan fingerprint density at radius 1 is 1.12 bits per heavy atom. The van der Waals surface area contributed by atoms with Crippen molar-refractivity contribution in [1.29, 1.82) is 0 Å². The molecule has 2 aromatic rings. The van der Waals surface area contributed by atoms with Gasteiger partial charge in [0.1, 0.15) is 5.82 Å². The van der Waals surface area contributed by atoms with Gasteiger partial charge in [-0.25, -0.2) is 9.18 Å². The normalized spacial score (nSPS) is 15.3. The van der Waals surface area contributed by atoms with Crippen LogP contribution in [0.15, 0.2) is 48.5 Å². The number of carboxylic acids is 1. The van der Waals surface area contributed by atoms with Crippen molar-refractivity contribution in [1.82, 2.24) is 5.32 Å². The van der Waals surface area contributed by atoms with Crippen LogP contribution in [0, 0.1) is 5.82 Å². The number of nitrogens with one attached hydrogen (secondary N) is 1. The summed E-state index contributed by atoms with van der Waals surface area (Å²) in [5.41, 5.74) is 0.920. The van der Waals surface area contributed by atoms with Gasteiger partial charge in [0.2, 0.25) is 0 Å². The maximum Gasteiger partial charge on any atom is 0.330 e. The van der Waals surface area contributed by atoms with Gasteiger partial charge in [-0.2, -0.15) is 0 Å². The van der Waals surface area contributed by atoms with Crippen LogP contribution in [0.4, 0.5) is 10.1 Å². The highest BCUT2D eigenvalue weighted by molar-refractivity contribution is 5.97. The number of nitrogens with zero attached hydrogens (tertiary/aromatic N) is 1. The van der Waals surface area contributed by atoms with E-state index in [1.165, 1.54) is 12.1 Å². The first kappa shape index (κ1) is 17.9. The number of ether oxygens (including phenoxy) is 1. The lowest BCUT2D eigenvalue weighted by atomic mass is 10.1. The van der Waals surface area contributed by atoms with Gasteiger partial charge in [-0.15, -0.1) is 0 Å². The van der Waals surface area contributed by atoms with E-state index in [0.29, 0.717) is 37.6 Å². The number of benzene rings is 2. The number of hydrogen-bond acceptors (Lipinski definition) is 4. The number of aliphatic carboxylic acids is 1. The van der Waals surface area contributed by atoms with Crippen molar-refractivity contribution >= 4 is 17.6 Å². The van der Waals surface area contributed by atoms with Gasteiger partial charge in [-0.3, -0.25) is 4.79 Å². The molecule has 6 nitrogen and oxygen atoms in total. The summed E-state index contributed by atoms with van der Waals surface area (Å²) in [5, 5.41) is 11.8. The van der Waals surface area contributed by atoms with Crippen LogP contribution in [0.3, 0.4) is 0 Å². The Morgan fingerprint density at radius 3 is 2.42 bits per heavy atom. The molecule has 7 heteroatoms. The molecule has 0 radical (unpaired) electrons. The van der Waals surface area contributed by atoms with E-state index in [1.54, 1.807) is 30.3 Å². The minimum Gasteiger partial charge on any atom is -0.479 e. The molecule has 3 rings (SSSR count). The third-order valence-corrected chi connectivity index (χ3v) is 4.22. The van der Waals surface area contributed by atoms with E-state index in [9.17, 15) is 19.1 Å². The van der Waals surface area contributed by atoms with Crippen molar-refractivity contribution in [3.05, 3.63) is 65.5 Å². The van der Waals surface area contributed by atoms with Crippen molar-refractivity contribution in [2.75, 3.05) is 31.2 Å². The van der Waals surface area contributed by atoms with E-state index in [0.717, 1.165) is 6.07 Å². The molecule has 1 heterocycles. The lowest BCUT2D eigenvalue weighted by Crippen LogP contribution is -2.37. The fraction of sp³-hybridized carbons (Fsp3) is 0.263. The minimum atomic E-state index is -1.20. The summed E-state index contributed by atoms with van der Waals surface area (Å²) < 4.78 is 19.7. The number of halogens is 1. The van der Waals surface area contributed by atoms with Gasteiger partial charge in [0.15, 0.2) is 6.04 Å². The highest BCUT2D eigenvalue weighted by atomic mass is 19.1. The molecule has 2 aromatic carbocycles. The molecule has 1 fully saturated rings. The average molecular weight is 358 g/mol. The van der Waals surface area contributed by atoms with Crippen LogP contribution < -0.4 is 10.2 Å². The van der Waals surface area contributed by atoms with Gasteiger partial charge in [-0.05, 0) is 23.8 Å². The lowest BCUT2D eigenvalue weighted by molar-refractivity contribution is -0.139. The number of amides is 1. The first-order valence-electron chi connectivity index (χ1n) is 8.27. The molecular weight excluding hydrogens is 339 g/mol. The molecule has 1 aliphatic rings. The monoisotopic (exact) mass is 358 g/mol. The summed E-state index contributed by atoms with van der Waals surface area (Å²) >= 11 is 0. The highest BCUT2D eigenvalue weighted by Gasteiger charge is 2.23. The van der Waals surface area contributed by atoms with E-state index in [1.807, 2.05) is 4.90 Å². The summed E-state index contributed by atoms with van der Waals surface area (Å²) in [4.78, 5) is 25.7. The topological polar surface area (TPSA) is 78.9 Å². The fourth-order valence-electron chi connectivity index (χ4n) is 2.86. The second kappa shape index (κ2) is 7.97. The zero-order valence-electron chi connectivity index (χ0n) is 14.0. The smallest absolute Gasteiger partial charge is 0.330 e. The third kappa shape index (κ3) is 4.00. The molecule has 0 aliphatic carbocycles. The first-order chi connectivity index (χ1) is 12.6. The average Bonchev–Trinajstić information content (AvgIpc) is 2.67. The van der Waals surface area contributed by atoms with E-state index >= 15 is 0 Å². The summed E-state index contributed by atoms with van der Waals surface area (Å²) in [5.74, 6) is -2.35. The fourth-order valence-corrected chi connectivity index (χ4v) is 2.86. The maximum atomic E-state index is 14.4. The quantitative estimate of drug-likeness (QED) is 0.857. The Kier molecular flexibility index (Phi) is 5.48. The zero-order valence-corrected chi connectivity index (χ0v) is 14.0. The van der Waals surface area contributed by atoms with Crippen LogP contribution in [0.2, 0.25) is 0 Å². The maximum absolute atomic E-state index is 14.4. The molecule has 0 saturated carbocycles. The highest BCUT2D eigenvalue weighted by Crippen LogP contribution is 2.22. The van der Waals surface area contributed by atoms with Gasteiger partial charge in [0.25, 0.3) is 5.91 Å². The molecule has 1 atom stereocenters. The SMILES string of the molecule is O=C(N[C@H](C(=O)O)c1ccccc1)c1ccc(N2CCOCC2)c(F)c1. The van der Waals surface area contributed by atoms with Crippen LogP contribution in [-0.4, -0.2) is 43.3 Å². The van der Waals surface area contributed by atoms with Crippen molar-refractivity contribution in [2.45, 2.75) is 6.04 Å². The molecule has 0 bridgehead atoms. The zero-order chi connectivity index (χ0) is 18.5. The number of carboxylic acid groups (broad SMARTS) is 1. The van der Waals surface area contributed by atoms with Crippen LogP contribution in [0.5, 0.6) is 0 Å². The molecule has 1 aliphatic heterocycles. The van der Waals surface area contributed by atoms with Crippen LogP contribution >= 0.6 is 0 Å². The first-order valence-corrected chi connectivity index (χ1v) is 8.27. The predicted molar refractivity (Wildman–Crippen MR) is 93.7 cm³/mol. The van der Waals surface area contributed by atoms with E-state index in [2.05, 4.69) is 5.32 Å². The number of anilines is 1. The van der Waals surface area contributed by atoms with Gasteiger partial charge in [0.05, 0.1) is 18.9 Å². The standard InChI is InChI=1S/C19H19FN2O4/c20-15-12-14(6-7-16(15)22-8-10-26-11-9-22)18(23)21-17(19(24)25)13-4-2-1-3-5-13/h1-7,12,17H,8-11H2,(H,21,23)(H,24,25)/t17-/m0/s1. The predicted octanol–water partition coefficient (Wildman–Crippen LogP) is 2.22. The lowest BCUT2D eigenvalue weighted by Gasteiger charge is -2.29. The van der Waals surface area contributed by atoms with Crippen LogP contribution in [-0.2, 0) is 9.53 Å². The van der Waals surface area contributed by atoms with Crippen LogP contribution in [0.25, 0.3) is 0 Å². The summed E-state index contributed by atoms with van der Waals surface area (Å²) in [6, 6.07) is 11.3. The number of carbonyl (C=O) groups is 2. The van der Waals surface area contributed by atoms with Crippen LogP contribution in [0.1, 0.15) is 22.0 Å². The van der Waals surface area contributed by atoms with Crippen molar-refractivity contribution in [3.8, 4) is 0 Å². The number of morpholine rings is 1. The Labute approximate surface area is 150 Å². The van der Waals surface area contributed by atoms with Gasteiger partial charge in [-0.1, -0.05) is 30.3 Å². The molecule has 0 aromatic heterocycles. The molecule has 1 amide bonds. The Hall–Kier alpha value is -2.93. The number of carbonyl (C=O) groups excluding carboxylic acids is 1. The molecule has 136 valence electrons. The molecule has 0 spiro atoms. The summed E-state index contributed by atoms with van der Waals surface area (Å²) in [6.45, 7) is 2.22. The van der Waals surface area contributed by atoms with E-state index in [4.69, 9.17) is 4.74 Å². The van der Waals surface area contributed by atoms with Crippen molar-refractivity contribution in [3.63, 3.8) is 0 Å². The van der Waals surface area contributed by atoms with Gasteiger partial charge < -0.3 is 20.1 Å². The Bertz CT molecular complexity index is 791. The van der Waals surface area contributed by atoms with Crippen molar-refractivity contribution < 1.29 is 23.8 Å². The summed E-state index contributed by atoms with van der Waals surface area (Å²) in [6.07, 6.45) is 0. The largest absolute Gasteiger partial charge is 0.479 e. The Balaban J connectivity index is 1.76. The third-order valence-electron chi connectivity index (χ3n) is 4.22. The second-order valence-electron chi connectivity index (χ2n) is 5.92. The molecule has 2 N–H and O–H groups in total. The summed E-state index contributed by atoms with van der Waals surface area (Å²) in [7, 11) is 0. The second-order valence-corrected chi connectivity index (χ2v) is 5.92. The Morgan fingerprint density at radius 2 is 1.81 bits per heavy atom. The van der Waals surface area contributed by atoms with Gasteiger partial charge in [0, 0.05) is 18.7 Å². The molecule has 0 unspecified atom stereocenters. The van der Waals surface area contributed by atoms with E-state index < -0.39 is 23.7 Å². The van der Waals surface area contributed by atoms with Gasteiger partial charge >= 0.3 is 5.97 Å². The molecule has 1 saturated heterocycles. The van der Waals surface area contributed by atoms with E-state index in [-0.39, 0.29) is 5.56 Å². The van der Waals surface area contributed by atoms with Crippen molar-refractivity contribution in [2.24, 2.45) is 0 Å².